The second-order valence-electron chi connectivity index (χ2n) is 5.65. The standard InChI is InChI=1S/C21H23N/c1-2-3-4-5-10-17-22-20-13-8-6-11-18(20)15-16-19-12-7-9-14-21(19)22/h4-9,11-16H,2-3,10,17H2,1H3/b5-4+. The molecule has 0 bridgehead atoms. The molecule has 1 nitrogen and oxygen atoms in total. The topological polar surface area (TPSA) is 3.24 Å². The molecule has 1 aliphatic heterocycles. The molecule has 22 heavy (non-hydrogen) atoms. The van der Waals surface area contributed by atoms with Gasteiger partial charge in [-0.15, -0.1) is 0 Å². The van der Waals surface area contributed by atoms with Gasteiger partial charge in [0.05, 0.1) is 0 Å². The Balaban J connectivity index is 1.91. The fourth-order valence-electron chi connectivity index (χ4n) is 2.90. The van der Waals surface area contributed by atoms with Crippen LogP contribution in [0.1, 0.15) is 37.3 Å². The number of fused-ring (bicyclic) bond motifs is 2. The van der Waals surface area contributed by atoms with Crippen LogP contribution in [0.5, 0.6) is 0 Å². The molecule has 3 rings (SSSR count). The number of unbranched alkanes of at least 4 members (excludes halogenated alkanes) is 1. The lowest BCUT2D eigenvalue weighted by atomic mass is 10.1. The first-order valence-corrected chi connectivity index (χ1v) is 8.19. The Kier molecular flexibility index (Phi) is 4.75. The molecule has 1 heterocycles. The molecule has 0 radical (unpaired) electrons. The van der Waals surface area contributed by atoms with E-state index in [2.05, 4.69) is 84.7 Å². The molecule has 2 aromatic rings. The summed E-state index contributed by atoms with van der Waals surface area (Å²) in [5.41, 5.74) is 5.17. The van der Waals surface area contributed by atoms with Gasteiger partial charge in [-0.05, 0) is 36.1 Å². The molecule has 0 saturated heterocycles. The van der Waals surface area contributed by atoms with Gasteiger partial charge in [-0.3, -0.25) is 0 Å². The van der Waals surface area contributed by atoms with Gasteiger partial charge in [-0.2, -0.15) is 0 Å². The summed E-state index contributed by atoms with van der Waals surface area (Å²) in [5, 5.41) is 0. The van der Waals surface area contributed by atoms with Crippen molar-refractivity contribution >= 4 is 23.5 Å². The smallest absolute Gasteiger partial charge is 0.0484 e. The Morgan fingerprint density at radius 1 is 0.773 bits per heavy atom. The molecule has 1 aliphatic rings. The third-order valence-corrected chi connectivity index (χ3v) is 4.04. The first kappa shape index (κ1) is 14.6. The minimum atomic E-state index is 1.01. The molecular formula is C21H23N. The van der Waals surface area contributed by atoms with Crippen LogP contribution in [0.4, 0.5) is 11.4 Å². The summed E-state index contributed by atoms with van der Waals surface area (Å²) in [7, 11) is 0. The number of benzene rings is 2. The number of para-hydroxylation sites is 2. The lowest BCUT2D eigenvalue weighted by molar-refractivity contribution is 0.916. The molecule has 0 fully saturated rings. The number of hydrogen-bond acceptors (Lipinski definition) is 1. The van der Waals surface area contributed by atoms with Gasteiger partial charge in [0, 0.05) is 17.9 Å². The molecule has 112 valence electrons. The second-order valence-corrected chi connectivity index (χ2v) is 5.65. The second kappa shape index (κ2) is 7.13. The van der Waals surface area contributed by atoms with Crippen molar-refractivity contribution in [3.63, 3.8) is 0 Å². The van der Waals surface area contributed by atoms with Crippen LogP contribution in [0.25, 0.3) is 12.2 Å². The summed E-state index contributed by atoms with van der Waals surface area (Å²) in [6.45, 7) is 3.23. The minimum absolute atomic E-state index is 1.01. The highest BCUT2D eigenvalue weighted by molar-refractivity contribution is 5.88. The van der Waals surface area contributed by atoms with Crippen LogP contribution in [-0.4, -0.2) is 6.54 Å². The highest BCUT2D eigenvalue weighted by Gasteiger charge is 2.16. The van der Waals surface area contributed by atoms with Gasteiger partial charge >= 0.3 is 0 Å². The minimum Gasteiger partial charge on any atom is -0.340 e. The summed E-state index contributed by atoms with van der Waals surface area (Å²) >= 11 is 0. The van der Waals surface area contributed by atoms with E-state index in [0.717, 1.165) is 13.0 Å². The van der Waals surface area contributed by atoms with Gasteiger partial charge in [0.2, 0.25) is 0 Å². The van der Waals surface area contributed by atoms with Crippen LogP contribution in [0.2, 0.25) is 0 Å². The van der Waals surface area contributed by atoms with E-state index in [9.17, 15) is 0 Å². The fourth-order valence-corrected chi connectivity index (χ4v) is 2.90. The van der Waals surface area contributed by atoms with Gasteiger partial charge in [-0.25, -0.2) is 0 Å². The molecule has 0 aromatic heterocycles. The Labute approximate surface area is 133 Å². The van der Waals surface area contributed by atoms with E-state index in [0.29, 0.717) is 0 Å². The quantitative estimate of drug-likeness (QED) is 0.605. The predicted octanol–water partition coefficient (Wildman–Crippen LogP) is 6.05. The largest absolute Gasteiger partial charge is 0.340 e. The van der Waals surface area contributed by atoms with E-state index >= 15 is 0 Å². The van der Waals surface area contributed by atoms with Gasteiger partial charge in [0.15, 0.2) is 0 Å². The summed E-state index contributed by atoms with van der Waals surface area (Å²) < 4.78 is 0. The molecule has 0 saturated carbocycles. The zero-order valence-electron chi connectivity index (χ0n) is 13.2. The third kappa shape index (κ3) is 3.14. The Hall–Kier alpha value is -2.28. The van der Waals surface area contributed by atoms with Gasteiger partial charge < -0.3 is 4.90 Å². The van der Waals surface area contributed by atoms with Gasteiger partial charge in [-0.1, -0.05) is 74.0 Å². The normalized spacial score (nSPS) is 13.0. The van der Waals surface area contributed by atoms with Crippen molar-refractivity contribution < 1.29 is 0 Å². The van der Waals surface area contributed by atoms with Crippen LogP contribution >= 0.6 is 0 Å². The highest BCUT2D eigenvalue weighted by atomic mass is 15.1. The van der Waals surface area contributed by atoms with Crippen molar-refractivity contribution in [1.29, 1.82) is 0 Å². The van der Waals surface area contributed by atoms with Crippen LogP contribution < -0.4 is 4.90 Å². The number of hydrogen-bond donors (Lipinski definition) is 0. The highest BCUT2D eigenvalue weighted by Crippen LogP contribution is 2.36. The molecule has 0 N–H and O–H groups in total. The number of rotatable bonds is 5. The van der Waals surface area contributed by atoms with Crippen LogP contribution in [0.15, 0.2) is 60.7 Å². The molecule has 2 aromatic carbocycles. The number of nitrogens with zero attached hydrogens (tertiary/aromatic N) is 1. The van der Waals surface area contributed by atoms with Gasteiger partial charge in [0.25, 0.3) is 0 Å². The SMILES string of the molecule is CCC/C=C/CCN1c2ccccc2C=Cc2ccccc21. The predicted molar refractivity (Wildman–Crippen MR) is 97.5 cm³/mol. The zero-order chi connectivity index (χ0) is 15.2. The van der Waals surface area contributed by atoms with Crippen molar-refractivity contribution in [2.75, 3.05) is 11.4 Å². The van der Waals surface area contributed by atoms with Crippen molar-refractivity contribution in [3.05, 3.63) is 71.8 Å². The molecule has 1 heteroatoms. The Morgan fingerprint density at radius 3 is 1.91 bits per heavy atom. The van der Waals surface area contributed by atoms with Crippen molar-refractivity contribution in [2.45, 2.75) is 26.2 Å². The summed E-state index contributed by atoms with van der Waals surface area (Å²) in [4.78, 5) is 2.45. The molecular weight excluding hydrogens is 266 g/mol. The van der Waals surface area contributed by atoms with Crippen LogP contribution in [0.3, 0.4) is 0 Å². The lowest BCUT2D eigenvalue weighted by Gasteiger charge is -2.26. The summed E-state index contributed by atoms with van der Waals surface area (Å²) in [6, 6.07) is 17.3. The lowest BCUT2D eigenvalue weighted by Crippen LogP contribution is -2.19. The van der Waals surface area contributed by atoms with E-state index in [1.54, 1.807) is 0 Å². The van der Waals surface area contributed by atoms with E-state index < -0.39 is 0 Å². The van der Waals surface area contributed by atoms with Crippen LogP contribution in [-0.2, 0) is 0 Å². The molecule has 0 aliphatic carbocycles. The average Bonchev–Trinajstić information content (AvgIpc) is 2.72. The van der Waals surface area contributed by atoms with E-state index in [-0.39, 0.29) is 0 Å². The first-order chi connectivity index (χ1) is 10.9. The third-order valence-electron chi connectivity index (χ3n) is 4.04. The van der Waals surface area contributed by atoms with Crippen LogP contribution in [0, 0.1) is 0 Å². The van der Waals surface area contributed by atoms with E-state index in [4.69, 9.17) is 0 Å². The van der Waals surface area contributed by atoms with E-state index in [1.807, 2.05) is 0 Å². The molecule has 0 spiro atoms. The maximum absolute atomic E-state index is 2.45. The first-order valence-electron chi connectivity index (χ1n) is 8.19. The fraction of sp³-hybridized carbons (Fsp3) is 0.238. The molecule has 0 atom stereocenters. The summed E-state index contributed by atoms with van der Waals surface area (Å²) in [6.07, 6.45) is 12.5. The van der Waals surface area contributed by atoms with E-state index in [1.165, 1.54) is 35.3 Å². The number of anilines is 2. The van der Waals surface area contributed by atoms with Crippen molar-refractivity contribution in [2.24, 2.45) is 0 Å². The molecule has 0 unspecified atom stereocenters. The Morgan fingerprint density at radius 2 is 1.32 bits per heavy atom. The summed E-state index contributed by atoms with van der Waals surface area (Å²) in [5.74, 6) is 0. The van der Waals surface area contributed by atoms with Crippen molar-refractivity contribution in [3.8, 4) is 0 Å². The Bertz CT molecular complexity index is 632. The average molecular weight is 289 g/mol. The monoisotopic (exact) mass is 289 g/mol. The van der Waals surface area contributed by atoms with Gasteiger partial charge in [0.1, 0.15) is 0 Å². The van der Waals surface area contributed by atoms with Crippen molar-refractivity contribution in [1.82, 2.24) is 0 Å². The molecule has 0 amide bonds. The maximum atomic E-state index is 2.45. The maximum Gasteiger partial charge on any atom is 0.0484 e. The number of allylic oxidation sites excluding steroid dienone is 1. The zero-order valence-corrected chi connectivity index (χ0v) is 13.2.